The van der Waals surface area contributed by atoms with Crippen molar-refractivity contribution in [3.8, 4) is 12.3 Å². The lowest BCUT2D eigenvalue weighted by atomic mass is 10.2. The van der Waals surface area contributed by atoms with Crippen LogP contribution in [-0.4, -0.2) is 48.6 Å². The Labute approximate surface area is 106 Å². The van der Waals surface area contributed by atoms with E-state index < -0.39 is 24.1 Å². The Bertz CT molecular complexity index is 304. The van der Waals surface area contributed by atoms with E-state index >= 15 is 0 Å². The highest BCUT2D eigenvalue weighted by molar-refractivity contribution is 5.72. The lowest BCUT2D eigenvalue weighted by Gasteiger charge is -2.05. The zero-order valence-electron chi connectivity index (χ0n) is 10.5. The van der Waals surface area contributed by atoms with Gasteiger partial charge in [0, 0.05) is 27.1 Å². The maximum absolute atomic E-state index is 10.1. The Morgan fingerprint density at radius 2 is 1.72 bits per heavy atom. The van der Waals surface area contributed by atoms with Gasteiger partial charge in [0.2, 0.25) is 0 Å². The third kappa shape index (κ3) is 9.39. The van der Waals surface area contributed by atoms with E-state index in [0.29, 0.717) is 6.42 Å². The first-order chi connectivity index (χ1) is 8.44. The van der Waals surface area contributed by atoms with E-state index in [9.17, 15) is 9.59 Å². The summed E-state index contributed by atoms with van der Waals surface area (Å²) in [6.07, 6.45) is 5.25. The summed E-state index contributed by atoms with van der Waals surface area (Å²) in [6, 6.07) is 0. The summed E-state index contributed by atoms with van der Waals surface area (Å²) < 4.78 is 9.09. The van der Waals surface area contributed by atoms with Crippen molar-refractivity contribution in [1.82, 2.24) is 0 Å². The molecule has 18 heavy (non-hydrogen) atoms. The van der Waals surface area contributed by atoms with E-state index in [-0.39, 0.29) is 6.42 Å². The van der Waals surface area contributed by atoms with Crippen molar-refractivity contribution >= 4 is 11.9 Å². The van der Waals surface area contributed by atoms with Crippen LogP contribution in [0.1, 0.15) is 12.8 Å². The average Bonchev–Trinajstić information content (AvgIpc) is 2.32. The maximum atomic E-state index is 10.1. The fraction of sp³-hybridized carbons (Fsp3) is 0.500. The Morgan fingerprint density at radius 3 is 1.83 bits per heavy atom. The lowest BCUT2D eigenvalue weighted by Crippen LogP contribution is -2.21. The smallest absolute Gasteiger partial charge is 0.333 e. The number of carboxylic acid groups (broad SMARTS) is 2. The van der Waals surface area contributed by atoms with E-state index in [0.717, 1.165) is 0 Å². The molecule has 0 bridgehead atoms. The van der Waals surface area contributed by atoms with Crippen molar-refractivity contribution in [2.24, 2.45) is 0 Å². The highest BCUT2D eigenvalue weighted by atomic mass is 16.5. The van der Waals surface area contributed by atoms with Gasteiger partial charge in [0.05, 0.1) is 0 Å². The van der Waals surface area contributed by atoms with Crippen LogP contribution in [0.15, 0.2) is 12.7 Å². The summed E-state index contributed by atoms with van der Waals surface area (Å²) in [5.74, 6) is 0.229. The van der Waals surface area contributed by atoms with Gasteiger partial charge in [-0.3, -0.25) is 0 Å². The first-order valence-corrected chi connectivity index (χ1v) is 5.00. The average molecular weight is 258 g/mol. The number of methoxy groups -OCH3 is 2. The van der Waals surface area contributed by atoms with Crippen LogP contribution in [0.25, 0.3) is 0 Å². The molecule has 0 saturated heterocycles. The number of aliphatic carboxylic acids is 2. The molecule has 2 unspecified atom stereocenters. The Hall–Kier alpha value is -1.84. The Kier molecular flexibility index (Phi) is 12.0. The first kappa shape index (κ1) is 18.5. The molecule has 2 atom stereocenters. The summed E-state index contributed by atoms with van der Waals surface area (Å²) in [5, 5.41) is 16.6. The van der Waals surface area contributed by atoms with E-state index in [2.05, 4.69) is 22.0 Å². The predicted octanol–water partition coefficient (Wildman–Crippen LogP) is 0.771. The number of terminal acetylenes is 1. The third-order valence-corrected chi connectivity index (χ3v) is 1.80. The Balaban J connectivity index is 0. The quantitative estimate of drug-likeness (QED) is 0.517. The van der Waals surface area contributed by atoms with Crippen molar-refractivity contribution in [2.45, 2.75) is 25.0 Å². The van der Waals surface area contributed by atoms with Crippen molar-refractivity contribution in [3.63, 3.8) is 0 Å². The van der Waals surface area contributed by atoms with E-state index in [4.69, 9.17) is 16.6 Å². The molecule has 0 aromatic carbocycles. The van der Waals surface area contributed by atoms with Gasteiger partial charge in [-0.15, -0.1) is 18.9 Å². The van der Waals surface area contributed by atoms with Crippen LogP contribution in [0.5, 0.6) is 0 Å². The normalized spacial score (nSPS) is 12.3. The topological polar surface area (TPSA) is 93.1 Å². The summed E-state index contributed by atoms with van der Waals surface area (Å²) >= 11 is 0. The number of carbonyl (C=O) groups is 2. The van der Waals surface area contributed by atoms with Crippen molar-refractivity contribution < 1.29 is 29.3 Å². The SMILES string of the molecule is C#CCC(OC)C(=O)O.C=CCC(OC)C(=O)O. The minimum atomic E-state index is -1.02. The second-order valence-electron chi connectivity index (χ2n) is 3.06. The minimum absolute atomic E-state index is 0.117. The molecular weight excluding hydrogens is 240 g/mol. The molecule has 0 aliphatic carbocycles. The number of hydrogen-bond donors (Lipinski definition) is 2. The van der Waals surface area contributed by atoms with Gasteiger partial charge in [-0.1, -0.05) is 6.08 Å². The molecular formula is C12H18O6. The van der Waals surface area contributed by atoms with Gasteiger partial charge < -0.3 is 19.7 Å². The number of rotatable bonds is 7. The number of ether oxygens (including phenoxy) is 2. The van der Waals surface area contributed by atoms with Gasteiger partial charge in [-0.2, -0.15) is 0 Å². The fourth-order valence-corrected chi connectivity index (χ4v) is 0.828. The highest BCUT2D eigenvalue weighted by Gasteiger charge is 2.13. The van der Waals surface area contributed by atoms with E-state index in [1.54, 1.807) is 0 Å². The molecule has 0 amide bonds. The van der Waals surface area contributed by atoms with Gasteiger partial charge in [-0.05, 0) is 0 Å². The Morgan fingerprint density at radius 1 is 1.28 bits per heavy atom. The van der Waals surface area contributed by atoms with Crippen LogP contribution >= 0.6 is 0 Å². The van der Waals surface area contributed by atoms with Crippen LogP contribution < -0.4 is 0 Å². The molecule has 0 saturated carbocycles. The number of hydrogen-bond acceptors (Lipinski definition) is 4. The van der Waals surface area contributed by atoms with Gasteiger partial charge >= 0.3 is 11.9 Å². The summed E-state index contributed by atoms with van der Waals surface area (Å²) in [6.45, 7) is 3.39. The lowest BCUT2D eigenvalue weighted by molar-refractivity contribution is -0.149. The fourth-order valence-electron chi connectivity index (χ4n) is 0.828. The van der Waals surface area contributed by atoms with Gasteiger partial charge in [0.1, 0.15) is 0 Å². The molecule has 0 aromatic rings. The number of carboxylic acids is 2. The van der Waals surface area contributed by atoms with E-state index in [1.807, 2.05) is 0 Å². The van der Waals surface area contributed by atoms with Gasteiger partial charge in [-0.25, -0.2) is 9.59 Å². The highest BCUT2D eigenvalue weighted by Crippen LogP contribution is 1.96. The zero-order chi connectivity index (χ0) is 14.6. The van der Waals surface area contributed by atoms with Gasteiger partial charge in [0.25, 0.3) is 0 Å². The summed E-state index contributed by atoms with van der Waals surface area (Å²) in [5.41, 5.74) is 0. The van der Waals surface area contributed by atoms with Crippen LogP contribution in [0.4, 0.5) is 0 Å². The third-order valence-electron chi connectivity index (χ3n) is 1.80. The first-order valence-electron chi connectivity index (χ1n) is 5.00. The summed E-state index contributed by atoms with van der Waals surface area (Å²) in [4.78, 5) is 20.2. The van der Waals surface area contributed by atoms with Crippen molar-refractivity contribution in [1.29, 1.82) is 0 Å². The molecule has 0 radical (unpaired) electrons. The van der Waals surface area contributed by atoms with Crippen LogP contribution in [-0.2, 0) is 19.1 Å². The molecule has 0 fully saturated rings. The second-order valence-corrected chi connectivity index (χ2v) is 3.06. The molecule has 0 heterocycles. The molecule has 6 nitrogen and oxygen atoms in total. The van der Waals surface area contributed by atoms with Gasteiger partial charge in [0.15, 0.2) is 12.2 Å². The molecule has 0 aromatic heterocycles. The molecule has 102 valence electrons. The minimum Gasteiger partial charge on any atom is -0.479 e. The monoisotopic (exact) mass is 258 g/mol. The van der Waals surface area contributed by atoms with Crippen LogP contribution in [0.3, 0.4) is 0 Å². The van der Waals surface area contributed by atoms with Crippen molar-refractivity contribution in [3.05, 3.63) is 12.7 Å². The van der Waals surface area contributed by atoms with E-state index in [1.165, 1.54) is 20.3 Å². The standard InChI is InChI=1S/C6H10O3.C6H8O3/c2*1-3-4-5(9-2)6(7)8/h3,5H,1,4H2,2H3,(H,7,8);1,5H,4H2,2H3,(H,7,8). The van der Waals surface area contributed by atoms with Crippen molar-refractivity contribution in [2.75, 3.05) is 14.2 Å². The predicted molar refractivity (Wildman–Crippen MR) is 65.1 cm³/mol. The molecule has 6 heteroatoms. The van der Waals surface area contributed by atoms with Crippen LogP contribution in [0, 0.1) is 12.3 Å². The zero-order valence-corrected chi connectivity index (χ0v) is 10.5. The summed E-state index contributed by atoms with van der Waals surface area (Å²) in [7, 11) is 2.68. The molecule has 0 aliphatic heterocycles. The maximum Gasteiger partial charge on any atom is 0.333 e. The largest absolute Gasteiger partial charge is 0.479 e. The molecule has 0 spiro atoms. The van der Waals surface area contributed by atoms with Crippen LogP contribution in [0.2, 0.25) is 0 Å². The molecule has 0 aliphatic rings. The second kappa shape index (κ2) is 11.6. The molecule has 2 N–H and O–H groups in total. The molecule has 0 rings (SSSR count).